The maximum atomic E-state index is 5.09. The molecule has 1 saturated heterocycles. The molecule has 0 unspecified atom stereocenters. The number of nitrogens with zero attached hydrogens (tertiary/aromatic N) is 5. The van der Waals surface area contributed by atoms with Crippen LogP contribution in [0.5, 0.6) is 5.88 Å². The van der Waals surface area contributed by atoms with Gasteiger partial charge in [-0.3, -0.25) is 4.90 Å². The maximum absolute atomic E-state index is 5.09. The van der Waals surface area contributed by atoms with Crippen LogP contribution in [0.2, 0.25) is 0 Å². The van der Waals surface area contributed by atoms with Crippen LogP contribution < -0.4 is 10.1 Å². The van der Waals surface area contributed by atoms with Crippen LogP contribution in [0.4, 0.5) is 0 Å². The van der Waals surface area contributed by atoms with Gasteiger partial charge < -0.3 is 19.5 Å². The van der Waals surface area contributed by atoms with E-state index in [1.54, 1.807) is 13.4 Å². The molecule has 1 aliphatic rings. The molecule has 3 rings (SSSR count). The van der Waals surface area contributed by atoms with Crippen LogP contribution in [0.3, 0.4) is 0 Å². The maximum Gasteiger partial charge on any atom is 0.212 e. The van der Waals surface area contributed by atoms with Crippen molar-refractivity contribution in [1.82, 2.24) is 25.3 Å². The van der Waals surface area contributed by atoms with Crippen LogP contribution in [0.15, 0.2) is 40.2 Å². The van der Waals surface area contributed by atoms with Crippen molar-refractivity contribution >= 4 is 29.9 Å². The van der Waals surface area contributed by atoms with Gasteiger partial charge in [-0.25, -0.2) is 9.98 Å². The third kappa shape index (κ3) is 6.35. The highest BCUT2D eigenvalue weighted by Crippen LogP contribution is 2.10. The Morgan fingerprint density at radius 2 is 2.07 bits per heavy atom. The summed E-state index contributed by atoms with van der Waals surface area (Å²) in [6, 6.07) is 5.77. The second-order valence-electron chi connectivity index (χ2n) is 6.13. The van der Waals surface area contributed by atoms with E-state index in [-0.39, 0.29) is 24.0 Å². The number of ether oxygens (including phenoxy) is 1. The monoisotopic (exact) mass is 486 g/mol. The van der Waals surface area contributed by atoms with E-state index in [1.165, 1.54) is 0 Å². The molecule has 2 aromatic heterocycles. The summed E-state index contributed by atoms with van der Waals surface area (Å²) >= 11 is 0. The Balaban J connectivity index is 0.00000261. The number of rotatable bonds is 6. The van der Waals surface area contributed by atoms with Crippen molar-refractivity contribution in [3.8, 4) is 5.88 Å². The molecule has 0 aliphatic carbocycles. The van der Waals surface area contributed by atoms with Gasteiger partial charge in [0.2, 0.25) is 5.88 Å². The van der Waals surface area contributed by atoms with Gasteiger partial charge in [-0.15, -0.1) is 24.0 Å². The first kappa shape index (κ1) is 21.4. The third-order valence-electron chi connectivity index (χ3n) is 4.30. The van der Waals surface area contributed by atoms with Gasteiger partial charge in [0.25, 0.3) is 0 Å². The molecule has 27 heavy (non-hydrogen) atoms. The quantitative estimate of drug-likeness (QED) is 0.380. The molecule has 1 fully saturated rings. The van der Waals surface area contributed by atoms with E-state index < -0.39 is 0 Å². The van der Waals surface area contributed by atoms with Crippen LogP contribution in [0, 0.1) is 0 Å². The second kappa shape index (κ2) is 11.1. The molecule has 0 spiro atoms. The number of guanidine groups is 1. The summed E-state index contributed by atoms with van der Waals surface area (Å²) in [5.74, 6) is 1.57. The number of methoxy groups -OCH3 is 1. The Kier molecular flexibility index (Phi) is 8.79. The summed E-state index contributed by atoms with van der Waals surface area (Å²) in [6.07, 6.45) is 3.43. The minimum absolute atomic E-state index is 0. The molecule has 0 radical (unpaired) electrons. The molecule has 0 bridgehead atoms. The van der Waals surface area contributed by atoms with E-state index in [0.29, 0.717) is 12.4 Å². The lowest BCUT2D eigenvalue weighted by Gasteiger charge is -2.36. The lowest BCUT2D eigenvalue weighted by Crippen LogP contribution is -2.52. The standard InChI is InChI=1S/C18H26N6O2.HI/c1-3-19-18(21-13-15-4-5-17(25-2)20-12-15)24-9-7-23(8-10-24)14-16-6-11-26-22-16;/h4-6,11-12H,3,7-10,13-14H2,1-2H3,(H,19,21);1H. The number of hydrogen-bond acceptors (Lipinski definition) is 6. The van der Waals surface area contributed by atoms with Gasteiger partial charge in [-0.05, 0) is 12.5 Å². The highest BCUT2D eigenvalue weighted by molar-refractivity contribution is 14.0. The van der Waals surface area contributed by atoms with E-state index in [2.05, 4.69) is 32.2 Å². The number of nitrogens with one attached hydrogen (secondary N) is 1. The first-order valence-corrected chi connectivity index (χ1v) is 8.92. The Labute approximate surface area is 177 Å². The Morgan fingerprint density at radius 1 is 1.26 bits per heavy atom. The molecule has 0 amide bonds. The summed E-state index contributed by atoms with van der Waals surface area (Å²) < 4.78 is 10.0. The van der Waals surface area contributed by atoms with Gasteiger partial charge in [-0.1, -0.05) is 11.2 Å². The van der Waals surface area contributed by atoms with E-state index in [4.69, 9.17) is 14.3 Å². The van der Waals surface area contributed by atoms with Gasteiger partial charge >= 0.3 is 0 Å². The Morgan fingerprint density at radius 3 is 2.67 bits per heavy atom. The normalized spacial score (nSPS) is 15.3. The average molecular weight is 486 g/mol. The zero-order chi connectivity index (χ0) is 18.2. The minimum Gasteiger partial charge on any atom is -0.481 e. The lowest BCUT2D eigenvalue weighted by atomic mass is 10.3. The van der Waals surface area contributed by atoms with Gasteiger partial charge in [0.1, 0.15) is 6.26 Å². The molecule has 148 valence electrons. The summed E-state index contributed by atoms with van der Waals surface area (Å²) in [4.78, 5) is 13.7. The lowest BCUT2D eigenvalue weighted by molar-refractivity contribution is 0.169. The highest BCUT2D eigenvalue weighted by atomic mass is 127. The minimum atomic E-state index is 0. The molecular formula is C18H27IN6O2. The first-order valence-electron chi connectivity index (χ1n) is 8.92. The summed E-state index contributed by atoms with van der Waals surface area (Å²) in [5, 5.41) is 7.38. The van der Waals surface area contributed by atoms with Gasteiger partial charge in [-0.2, -0.15) is 0 Å². The second-order valence-corrected chi connectivity index (χ2v) is 6.13. The van der Waals surface area contributed by atoms with Crippen molar-refractivity contribution in [3.63, 3.8) is 0 Å². The highest BCUT2D eigenvalue weighted by Gasteiger charge is 2.20. The molecular weight excluding hydrogens is 459 g/mol. The van der Waals surface area contributed by atoms with E-state index in [9.17, 15) is 0 Å². The van der Waals surface area contributed by atoms with Crippen molar-refractivity contribution < 1.29 is 9.26 Å². The number of piperazine rings is 1. The summed E-state index contributed by atoms with van der Waals surface area (Å²) in [6.45, 7) is 8.18. The van der Waals surface area contributed by atoms with Crippen LogP contribution in [0.1, 0.15) is 18.2 Å². The number of aromatic nitrogens is 2. The third-order valence-corrected chi connectivity index (χ3v) is 4.30. The molecule has 1 N–H and O–H groups in total. The number of pyridine rings is 1. The fourth-order valence-electron chi connectivity index (χ4n) is 2.88. The van der Waals surface area contributed by atoms with E-state index in [0.717, 1.165) is 56.5 Å². The molecule has 0 atom stereocenters. The molecule has 0 saturated carbocycles. The van der Waals surface area contributed by atoms with E-state index >= 15 is 0 Å². The fraction of sp³-hybridized carbons (Fsp3) is 0.500. The van der Waals surface area contributed by atoms with Gasteiger partial charge in [0.05, 0.1) is 19.3 Å². The predicted molar refractivity (Wildman–Crippen MR) is 114 cm³/mol. The van der Waals surface area contributed by atoms with Crippen LogP contribution in [-0.2, 0) is 13.1 Å². The fourth-order valence-corrected chi connectivity index (χ4v) is 2.88. The van der Waals surface area contributed by atoms with Crippen molar-refractivity contribution in [2.45, 2.75) is 20.0 Å². The molecule has 2 aromatic rings. The summed E-state index contributed by atoms with van der Waals surface area (Å²) in [5.41, 5.74) is 2.04. The van der Waals surface area contributed by atoms with Crippen molar-refractivity contribution in [2.75, 3.05) is 39.8 Å². The Hall–Kier alpha value is -1.88. The predicted octanol–water partition coefficient (Wildman–Crippen LogP) is 1.98. The number of aliphatic imine (C=N–C) groups is 1. The first-order chi connectivity index (χ1) is 12.8. The largest absolute Gasteiger partial charge is 0.481 e. The van der Waals surface area contributed by atoms with E-state index in [1.807, 2.05) is 24.4 Å². The van der Waals surface area contributed by atoms with Crippen LogP contribution in [-0.4, -0.2) is 65.7 Å². The molecule has 9 heteroatoms. The number of halogens is 1. The van der Waals surface area contributed by atoms with Crippen molar-refractivity contribution in [3.05, 3.63) is 41.9 Å². The zero-order valence-corrected chi connectivity index (χ0v) is 18.1. The zero-order valence-electron chi connectivity index (χ0n) is 15.8. The Bertz CT molecular complexity index is 684. The molecule has 8 nitrogen and oxygen atoms in total. The van der Waals surface area contributed by atoms with Crippen molar-refractivity contribution in [1.29, 1.82) is 0 Å². The van der Waals surface area contributed by atoms with Gasteiger partial charge in [0.15, 0.2) is 5.96 Å². The van der Waals surface area contributed by atoms with Crippen LogP contribution in [0.25, 0.3) is 0 Å². The average Bonchev–Trinajstić information content (AvgIpc) is 3.19. The molecule has 1 aliphatic heterocycles. The number of hydrogen-bond donors (Lipinski definition) is 1. The molecule has 3 heterocycles. The topological polar surface area (TPSA) is 79.0 Å². The molecule has 0 aromatic carbocycles. The van der Waals surface area contributed by atoms with Gasteiger partial charge in [0, 0.05) is 57.6 Å². The SMILES string of the molecule is CCNC(=NCc1ccc(OC)nc1)N1CCN(Cc2ccon2)CC1.I. The van der Waals surface area contributed by atoms with Crippen molar-refractivity contribution in [2.24, 2.45) is 4.99 Å². The van der Waals surface area contributed by atoms with Crippen LogP contribution >= 0.6 is 24.0 Å². The smallest absolute Gasteiger partial charge is 0.212 e. The summed E-state index contributed by atoms with van der Waals surface area (Å²) in [7, 11) is 1.62.